The zero-order valence-electron chi connectivity index (χ0n) is 7.70. The second-order valence-electron chi connectivity index (χ2n) is 3.02. The van der Waals surface area contributed by atoms with Crippen LogP contribution in [0.5, 0.6) is 0 Å². The highest BCUT2D eigenvalue weighted by atomic mass is 79.9. The van der Waals surface area contributed by atoms with Crippen molar-refractivity contribution in [1.29, 1.82) is 5.26 Å². The van der Waals surface area contributed by atoms with Gasteiger partial charge in [-0.2, -0.15) is 5.26 Å². The Kier molecular flexibility index (Phi) is 2.76. The maximum atomic E-state index is 8.72. The van der Waals surface area contributed by atoms with Gasteiger partial charge >= 0.3 is 0 Å². The maximum Gasteiger partial charge on any atom is 0.0992 e. The number of rotatable bonds is 1. The number of halogens is 1. The van der Waals surface area contributed by atoms with Crippen LogP contribution in [0.3, 0.4) is 0 Å². The Balaban J connectivity index is 2.51. The molecule has 0 saturated heterocycles. The van der Waals surface area contributed by atoms with E-state index in [2.05, 4.69) is 22.0 Å². The molecule has 0 aliphatic carbocycles. The minimum atomic E-state index is 0.590. The monoisotopic (exact) mass is 278 g/mol. The molecule has 0 radical (unpaired) electrons. The van der Waals surface area contributed by atoms with Crippen molar-refractivity contribution in [2.24, 2.45) is 0 Å². The zero-order chi connectivity index (χ0) is 10.8. The van der Waals surface area contributed by atoms with E-state index in [0.29, 0.717) is 11.3 Å². The van der Waals surface area contributed by atoms with Gasteiger partial charge in [-0.25, -0.2) is 0 Å². The Bertz CT molecular complexity index is 540. The topological polar surface area (TPSA) is 49.8 Å². The summed E-state index contributed by atoms with van der Waals surface area (Å²) < 4.78 is 1.07. The van der Waals surface area contributed by atoms with Gasteiger partial charge in [0.1, 0.15) is 0 Å². The summed E-state index contributed by atoms with van der Waals surface area (Å²) in [5.74, 6) is 0. The van der Waals surface area contributed by atoms with E-state index in [1.165, 1.54) is 0 Å². The van der Waals surface area contributed by atoms with Crippen LogP contribution in [0.1, 0.15) is 5.56 Å². The Hall–Kier alpha value is -1.31. The lowest BCUT2D eigenvalue weighted by Gasteiger charge is -2.02. The third-order valence-electron chi connectivity index (χ3n) is 2.02. The maximum absolute atomic E-state index is 8.72. The van der Waals surface area contributed by atoms with Gasteiger partial charge < -0.3 is 5.73 Å². The fourth-order valence-corrected chi connectivity index (χ4v) is 2.75. The summed E-state index contributed by atoms with van der Waals surface area (Å²) in [6, 6.07) is 11.4. The van der Waals surface area contributed by atoms with Gasteiger partial charge in [0.2, 0.25) is 0 Å². The lowest BCUT2D eigenvalue weighted by Crippen LogP contribution is -1.89. The van der Waals surface area contributed by atoms with Gasteiger partial charge in [0.05, 0.1) is 15.4 Å². The predicted octanol–water partition coefficient (Wildman–Crippen LogP) is 3.63. The van der Waals surface area contributed by atoms with Gasteiger partial charge in [-0.1, -0.05) is 6.07 Å². The Morgan fingerprint density at radius 1 is 1.27 bits per heavy atom. The summed E-state index contributed by atoms with van der Waals surface area (Å²) in [4.78, 5) is 1.10. The van der Waals surface area contributed by atoms with Crippen LogP contribution < -0.4 is 5.73 Å². The molecule has 0 fully saturated rings. The first kappa shape index (κ1) is 10.2. The fourth-order valence-electron chi connectivity index (χ4n) is 1.32. The molecular formula is C11H7BrN2S. The summed E-state index contributed by atoms with van der Waals surface area (Å²) >= 11 is 5.03. The molecule has 0 bridgehead atoms. The van der Waals surface area contributed by atoms with Crippen LogP contribution in [0.15, 0.2) is 34.1 Å². The van der Waals surface area contributed by atoms with E-state index in [0.717, 1.165) is 14.2 Å². The SMILES string of the molecule is N#Cc1ccc(-c2ccc(Br)s2)c(N)c1. The van der Waals surface area contributed by atoms with Gasteiger partial charge in [0, 0.05) is 16.1 Å². The first-order valence-corrected chi connectivity index (χ1v) is 5.87. The van der Waals surface area contributed by atoms with Crippen molar-refractivity contribution in [2.75, 3.05) is 5.73 Å². The van der Waals surface area contributed by atoms with Crippen LogP contribution in [0.4, 0.5) is 5.69 Å². The molecule has 0 saturated carbocycles. The number of nitrogens with zero attached hydrogens (tertiary/aromatic N) is 1. The van der Waals surface area contributed by atoms with Crippen LogP contribution in [0.2, 0.25) is 0 Å². The van der Waals surface area contributed by atoms with Crippen molar-refractivity contribution in [2.45, 2.75) is 0 Å². The zero-order valence-corrected chi connectivity index (χ0v) is 10.1. The molecule has 1 heterocycles. The average molecular weight is 279 g/mol. The van der Waals surface area contributed by atoms with Crippen molar-refractivity contribution in [1.82, 2.24) is 0 Å². The highest BCUT2D eigenvalue weighted by Gasteiger charge is 2.05. The minimum absolute atomic E-state index is 0.590. The number of anilines is 1. The largest absolute Gasteiger partial charge is 0.398 e. The number of nitriles is 1. The summed E-state index contributed by atoms with van der Waals surface area (Å²) in [5.41, 5.74) is 8.09. The normalized spacial score (nSPS) is 9.87. The average Bonchev–Trinajstić information content (AvgIpc) is 2.64. The Labute approximate surface area is 100 Å². The molecule has 2 N–H and O–H groups in total. The smallest absolute Gasteiger partial charge is 0.0992 e. The number of thiophene rings is 1. The summed E-state index contributed by atoms with van der Waals surface area (Å²) in [7, 11) is 0. The van der Waals surface area contributed by atoms with Crippen LogP contribution in [0.25, 0.3) is 10.4 Å². The van der Waals surface area contributed by atoms with Crippen LogP contribution in [-0.2, 0) is 0 Å². The molecule has 0 atom stereocenters. The van der Waals surface area contributed by atoms with Gasteiger partial charge in [-0.3, -0.25) is 0 Å². The van der Waals surface area contributed by atoms with E-state index in [-0.39, 0.29) is 0 Å². The van der Waals surface area contributed by atoms with Gasteiger partial charge in [-0.05, 0) is 40.2 Å². The van der Waals surface area contributed by atoms with E-state index in [4.69, 9.17) is 11.0 Å². The predicted molar refractivity (Wildman–Crippen MR) is 66.6 cm³/mol. The third kappa shape index (κ3) is 2.04. The second kappa shape index (κ2) is 4.05. The van der Waals surface area contributed by atoms with E-state index >= 15 is 0 Å². The standard InChI is InChI=1S/C11H7BrN2S/c12-11-4-3-10(15-11)8-2-1-7(6-13)5-9(8)14/h1-5H,14H2. The highest BCUT2D eigenvalue weighted by Crippen LogP contribution is 2.34. The van der Waals surface area contributed by atoms with Crippen molar-refractivity contribution in [3.05, 3.63) is 39.7 Å². The van der Waals surface area contributed by atoms with E-state index in [1.54, 1.807) is 23.5 Å². The lowest BCUT2D eigenvalue weighted by atomic mass is 10.1. The number of benzene rings is 1. The Morgan fingerprint density at radius 2 is 2.07 bits per heavy atom. The molecule has 2 aromatic rings. The fraction of sp³-hybridized carbons (Fsp3) is 0. The van der Waals surface area contributed by atoms with Gasteiger partial charge in [0.25, 0.3) is 0 Å². The molecule has 4 heteroatoms. The minimum Gasteiger partial charge on any atom is -0.398 e. The molecule has 0 spiro atoms. The van der Waals surface area contributed by atoms with Gasteiger partial charge in [-0.15, -0.1) is 11.3 Å². The first-order chi connectivity index (χ1) is 7.20. The van der Waals surface area contributed by atoms with E-state index in [9.17, 15) is 0 Å². The molecule has 2 rings (SSSR count). The molecule has 74 valence electrons. The molecule has 2 nitrogen and oxygen atoms in total. The molecular weight excluding hydrogens is 272 g/mol. The quantitative estimate of drug-likeness (QED) is 0.810. The van der Waals surface area contributed by atoms with E-state index < -0.39 is 0 Å². The summed E-state index contributed by atoms with van der Waals surface area (Å²) in [6.45, 7) is 0. The Morgan fingerprint density at radius 3 is 2.60 bits per heavy atom. The van der Waals surface area contributed by atoms with Crippen molar-refractivity contribution >= 4 is 33.0 Å². The summed E-state index contributed by atoms with van der Waals surface area (Å²) in [6.07, 6.45) is 0. The molecule has 0 aliphatic heterocycles. The first-order valence-electron chi connectivity index (χ1n) is 4.26. The van der Waals surface area contributed by atoms with Crippen molar-refractivity contribution in [3.63, 3.8) is 0 Å². The number of nitrogens with two attached hydrogens (primary N) is 1. The van der Waals surface area contributed by atoms with Crippen LogP contribution in [0, 0.1) is 11.3 Å². The van der Waals surface area contributed by atoms with Crippen molar-refractivity contribution < 1.29 is 0 Å². The lowest BCUT2D eigenvalue weighted by molar-refractivity contribution is 1.49. The molecule has 1 aromatic carbocycles. The number of hydrogen-bond donors (Lipinski definition) is 1. The molecule has 0 unspecified atom stereocenters. The molecule has 15 heavy (non-hydrogen) atoms. The molecule has 0 amide bonds. The second-order valence-corrected chi connectivity index (χ2v) is 5.48. The third-order valence-corrected chi connectivity index (χ3v) is 3.68. The summed E-state index contributed by atoms with van der Waals surface area (Å²) in [5, 5.41) is 8.72. The molecule has 1 aromatic heterocycles. The van der Waals surface area contributed by atoms with Crippen LogP contribution >= 0.6 is 27.3 Å². The number of nitrogen functional groups attached to an aromatic ring is 1. The van der Waals surface area contributed by atoms with Gasteiger partial charge in [0.15, 0.2) is 0 Å². The van der Waals surface area contributed by atoms with E-state index in [1.807, 2.05) is 18.2 Å². The van der Waals surface area contributed by atoms with Crippen LogP contribution in [-0.4, -0.2) is 0 Å². The highest BCUT2D eigenvalue weighted by molar-refractivity contribution is 9.11. The number of hydrogen-bond acceptors (Lipinski definition) is 3. The molecule has 0 aliphatic rings. The van der Waals surface area contributed by atoms with Crippen molar-refractivity contribution in [3.8, 4) is 16.5 Å².